The van der Waals surface area contributed by atoms with Gasteiger partial charge in [-0.05, 0) is 17.7 Å². The van der Waals surface area contributed by atoms with Gasteiger partial charge in [0, 0.05) is 5.56 Å². The molecule has 0 fully saturated rings. The van der Waals surface area contributed by atoms with Gasteiger partial charge in [-0.15, -0.1) is 0 Å². The molecule has 0 saturated carbocycles. The summed E-state index contributed by atoms with van der Waals surface area (Å²) in [7, 11) is 0. The third-order valence-electron chi connectivity index (χ3n) is 2.85. The molecule has 2 N–H and O–H groups in total. The van der Waals surface area contributed by atoms with Crippen LogP contribution in [0.1, 0.15) is 11.1 Å². The zero-order valence-electron chi connectivity index (χ0n) is 10.5. The molecule has 0 aromatic heterocycles. The molecule has 0 heterocycles. The second-order valence-corrected chi connectivity index (χ2v) is 4.29. The number of benzene rings is 2. The second-order valence-electron chi connectivity index (χ2n) is 4.29. The number of nitrogens with two attached hydrogens (primary N) is 1. The lowest BCUT2D eigenvalue weighted by atomic mass is 9.90. The maximum absolute atomic E-state index is 13.3. The van der Waals surface area contributed by atoms with Gasteiger partial charge < -0.3 is 5.73 Å². The smallest absolute Gasteiger partial charge is 0.304 e. The molecule has 0 aliphatic rings. The van der Waals surface area contributed by atoms with E-state index in [2.05, 4.69) is 11.8 Å². The molecule has 0 unspecified atom stereocenters. The van der Waals surface area contributed by atoms with Crippen LogP contribution < -0.4 is 5.73 Å². The van der Waals surface area contributed by atoms with Crippen LogP contribution in [0.2, 0.25) is 0 Å². The van der Waals surface area contributed by atoms with Crippen LogP contribution in [0.25, 0.3) is 0 Å². The van der Waals surface area contributed by atoms with E-state index in [9.17, 15) is 13.2 Å². The Morgan fingerprint density at radius 2 is 1.30 bits per heavy atom. The third-order valence-corrected chi connectivity index (χ3v) is 2.85. The van der Waals surface area contributed by atoms with Crippen LogP contribution in [-0.2, 0) is 5.54 Å². The highest BCUT2D eigenvalue weighted by Gasteiger charge is 2.52. The van der Waals surface area contributed by atoms with Gasteiger partial charge in [-0.25, -0.2) is 0 Å². The van der Waals surface area contributed by atoms with Gasteiger partial charge in [-0.1, -0.05) is 60.4 Å². The van der Waals surface area contributed by atoms with Crippen molar-refractivity contribution < 1.29 is 13.2 Å². The van der Waals surface area contributed by atoms with E-state index >= 15 is 0 Å². The van der Waals surface area contributed by atoms with Crippen molar-refractivity contribution >= 4 is 0 Å². The normalized spacial score (nSPS) is 14.0. The summed E-state index contributed by atoms with van der Waals surface area (Å²) < 4.78 is 39.8. The molecule has 0 bridgehead atoms. The Hall–Kier alpha value is -2.25. The minimum absolute atomic E-state index is 0.0732. The van der Waals surface area contributed by atoms with E-state index in [0.29, 0.717) is 5.56 Å². The van der Waals surface area contributed by atoms with Crippen molar-refractivity contribution in [3.8, 4) is 11.8 Å². The number of alkyl halides is 3. The largest absolute Gasteiger partial charge is 0.422 e. The van der Waals surface area contributed by atoms with Gasteiger partial charge in [0.15, 0.2) is 5.54 Å². The van der Waals surface area contributed by atoms with Crippen LogP contribution in [0.15, 0.2) is 60.7 Å². The fourth-order valence-electron chi connectivity index (χ4n) is 1.70. The Kier molecular flexibility index (Phi) is 3.82. The predicted octanol–water partition coefficient (Wildman–Crippen LogP) is 3.45. The Labute approximate surface area is 115 Å². The molecule has 0 aliphatic heterocycles. The molecule has 20 heavy (non-hydrogen) atoms. The molecule has 0 radical (unpaired) electrons. The minimum Gasteiger partial charge on any atom is -0.304 e. The quantitative estimate of drug-likeness (QED) is 0.792. The van der Waals surface area contributed by atoms with Gasteiger partial charge in [0.1, 0.15) is 0 Å². The first kappa shape index (κ1) is 14.2. The Morgan fingerprint density at radius 3 is 1.80 bits per heavy atom. The maximum Gasteiger partial charge on any atom is 0.422 e. The van der Waals surface area contributed by atoms with E-state index in [4.69, 9.17) is 5.73 Å². The first-order chi connectivity index (χ1) is 9.43. The molecule has 2 rings (SSSR count). The zero-order chi connectivity index (χ0) is 14.6. The van der Waals surface area contributed by atoms with Gasteiger partial charge in [0.25, 0.3) is 0 Å². The average Bonchev–Trinajstić information content (AvgIpc) is 2.45. The summed E-state index contributed by atoms with van der Waals surface area (Å²) in [5.74, 6) is 4.67. The van der Waals surface area contributed by atoms with Crippen LogP contribution in [0, 0.1) is 11.8 Å². The first-order valence-electron chi connectivity index (χ1n) is 5.93. The summed E-state index contributed by atoms with van der Waals surface area (Å²) in [5.41, 5.74) is 3.28. The van der Waals surface area contributed by atoms with Crippen LogP contribution >= 0.6 is 0 Å². The van der Waals surface area contributed by atoms with E-state index < -0.39 is 11.7 Å². The van der Waals surface area contributed by atoms with Crippen molar-refractivity contribution in [3.05, 3.63) is 71.8 Å². The van der Waals surface area contributed by atoms with Crippen LogP contribution in [0.3, 0.4) is 0 Å². The van der Waals surface area contributed by atoms with Gasteiger partial charge in [-0.3, -0.25) is 0 Å². The molecular formula is C16H12F3N. The third kappa shape index (κ3) is 2.84. The monoisotopic (exact) mass is 275 g/mol. The van der Waals surface area contributed by atoms with Gasteiger partial charge >= 0.3 is 6.18 Å². The van der Waals surface area contributed by atoms with Crippen LogP contribution in [0.5, 0.6) is 0 Å². The van der Waals surface area contributed by atoms with Crippen molar-refractivity contribution in [2.75, 3.05) is 0 Å². The molecule has 2 aromatic carbocycles. The lowest BCUT2D eigenvalue weighted by Crippen LogP contribution is -2.49. The summed E-state index contributed by atoms with van der Waals surface area (Å²) in [4.78, 5) is 0. The van der Waals surface area contributed by atoms with Gasteiger partial charge in [0.05, 0.1) is 0 Å². The Morgan fingerprint density at radius 1 is 0.800 bits per heavy atom. The molecule has 0 spiro atoms. The van der Waals surface area contributed by atoms with E-state index in [1.54, 1.807) is 36.4 Å². The number of hydrogen-bond acceptors (Lipinski definition) is 1. The highest BCUT2D eigenvalue weighted by molar-refractivity contribution is 5.42. The van der Waals surface area contributed by atoms with Gasteiger partial charge in [0.2, 0.25) is 0 Å². The Balaban J connectivity index is 2.48. The molecule has 4 heteroatoms. The Bertz CT molecular complexity index is 624. The highest BCUT2D eigenvalue weighted by Crippen LogP contribution is 2.36. The fourth-order valence-corrected chi connectivity index (χ4v) is 1.70. The minimum atomic E-state index is -4.66. The van der Waals surface area contributed by atoms with Crippen molar-refractivity contribution in [1.82, 2.24) is 0 Å². The second kappa shape index (κ2) is 5.40. The molecule has 102 valence electrons. The van der Waals surface area contributed by atoms with Crippen molar-refractivity contribution in [2.24, 2.45) is 5.73 Å². The first-order valence-corrected chi connectivity index (χ1v) is 5.93. The summed E-state index contributed by atoms with van der Waals surface area (Å²) in [6.07, 6.45) is -4.66. The standard InChI is InChI=1S/C16H12F3N/c17-16(18,19)15(20,14-9-5-2-6-10-14)12-11-13-7-3-1-4-8-13/h1-10H,20H2/t15-/m1/s1. The van der Waals surface area contributed by atoms with Gasteiger partial charge in [-0.2, -0.15) is 13.2 Å². The van der Waals surface area contributed by atoms with Crippen molar-refractivity contribution in [2.45, 2.75) is 11.7 Å². The topological polar surface area (TPSA) is 26.0 Å². The zero-order valence-corrected chi connectivity index (χ0v) is 10.5. The number of hydrogen-bond donors (Lipinski definition) is 1. The summed E-state index contributed by atoms with van der Waals surface area (Å²) in [6.45, 7) is 0. The SMILES string of the molecule is N[C@](C#Cc1ccccc1)(c1ccccc1)C(F)(F)F. The number of halogens is 3. The van der Waals surface area contributed by atoms with Crippen molar-refractivity contribution in [3.63, 3.8) is 0 Å². The van der Waals surface area contributed by atoms with Crippen LogP contribution in [-0.4, -0.2) is 6.18 Å². The van der Waals surface area contributed by atoms with E-state index in [1.807, 2.05) is 0 Å². The highest BCUT2D eigenvalue weighted by atomic mass is 19.4. The molecule has 0 amide bonds. The summed E-state index contributed by atoms with van der Waals surface area (Å²) >= 11 is 0. The summed E-state index contributed by atoms with van der Waals surface area (Å²) in [6, 6.07) is 15.7. The molecule has 1 atom stereocenters. The summed E-state index contributed by atoms with van der Waals surface area (Å²) in [5, 5.41) is 0. The average molecular weight is 275 g/mol. The molecule has 0 aliphatic carbocycles. The lowest BCUT2D eigenvalue weighted by molar-refractivity contribution is -0.171. The van der Waals surface area contributed by atoms with E-state index in [-0.39, 0.29) is 5.56 Å². The molecule has 2 aromatic rings. The predicted molar refractivity (Wildman–Crippen MR) is 71.7 cm³/mol. The lowest BCUT2D eigenvalue weighted by Gasteiger charge is -2.26. The number of rotatable bonds is 1. The molecular weight excluding hydrogens is 263 g/mol. The van der Waals surface area contributed by atoms with Crippen LogP contribution in [0.4, 0.5) is 13.2 Å². The van der Waals surface area contributed by atoms with Crippen molar-refractivity contribution in [1.29, 1.82) is 0 Å². The fraction of sp³-hybridized carbons (Fsp3) is 0.125. The van der Waals surface area contributed by atoms with E-state index in [0.717, 1.165) is 0 Å². The molecule has 0 saturated heterocycles. The maximum atomic E-state index is 13.3. The molecule has 1 nitrogen and oxygen atoms in total. The van der Waals surface area contributed by atoms with E-state index in [1.165, 1.54) is 24.3 Å².